The highest BCUT2D eigenvalue weighted by Crippen LogP contribution is 2.35. The Morgan fingerprint density at radius 3 is 3.00 bits per heavy atom. The van der Waals surface area contributed by atoms with E-state index in [9.17, 15) is 0 Å². The van der Waals surface area contributed by atoms with Gasteiger partial charge in [0.15, 0.2) is 0 Å². The van der Waals surface area contributed by atoms with E-state index in [0.717, 1.165) is 12.2 Å². The van der Waals surface area contributed by atoms with Gasteiger partial charge in [-0.05, 0) is 25.3 Å². The summed E-state index contributed by atoms with van der Waals surface area (Å²) in [4.78, 5) is 0. The van der Waals surface area contributed by atoms with Crippen LogP contribution < -0.4 is 0 Å². The first-order valence-corrected chi connectivity index (χ1v) is 5.77. The first-order chi connectivity index (χ1) is 7.83. The van der Waals surface area contributed by atoms with Crippen LogP contribution >= 0.6 is 0 Å². The van der Waals surface area contributed by atoms with Crippen molar-refractivity contribution in [2.75, 3.05) is 0 Å². The van der Waals surface area contributed by atoms with E-state index in [1.807, 2.05) is 6.33 Å². The van der Waals surface area contributed by atoms with Crippen molar-refractivity contribution in [1.82, 2.24) is 14.8 Å². The lowest BCUT2D eigenvalue weighted by Gasteiger charge is -2.05. The summed E-state index contributed by atoms with van der Waals surface area (Å²) in [5.41, 5.74) is 2.62. The van der Waals surface area contributed by atoms with Gasteiger partial charge in [-0.1, -0.05) is 29.8 Å². The molecule has 0 unspecified atom stereocenters. The van der Waals surface area contributed by atoms with Crippen LogP contribution in [-0.2, 0) is 6.42 Å². The number of hydrogen-bond acceptors (Lipinski definition) is 2. The molecule has 3 rings (SSSR count). The van der Waals surface area contributed by atoms with Gasteiger partial charge in [0.1, 0.15) is 12.2 Å². The zero-order valence-corrected chi connectivity index (χ0v) is 9.43. The van der Waals surface area contributed by atoms with Crippen molar-refractivity contribution in [2.45, 2.75) is 32.2 Å². The molecule has 1 saturated carbocycles. The molecule has 1 aromatic carbocycles. The number of aryl methyl sites for hydroxylation is 1. The van der Waals surface area contributed by atoms with E-state index < -0.39 is 0 Å². The fourth-order valence-corrected chi connectivity index (χ4v) is 2.06. The average Bonchev–Trinajstić information content (AvgIpc) is 3.00. The van der Waals surface area contributed by atoms with Crippen LogP contribution in [0.1, 0.15) is 35.8 Å². The summed E-state index contributed by atoms with van der Waals surface area (Å²) in [7, 11) is 0. The predicted molar refractivity (Wildman–Crippen MR) is 62.3 cm³/mol. The van der Waals surface area contributed by atoms with Gasteiger partial charge < -0.3 is 4.57 Å². The van der Waals surface area contributed by atoms with Gasteiger partial charge in [-0.2, -0.15) is 0 Å². The van der Waals surface area contributed by atoms with Crippen molar-refractivity contribution in [2.24, 2.45) is 0 Å². The van der Waals surface area contributed by atoms with Gasteiger partial charge in [-0.15, -0.1) is 10.2 Å². The van der Waals surface area contributed by atoms with E-state index in [4.69, 9.17) is 0 Å². The van der Waals surface area contributed by atoms with Crippen LogP contribution in [0.15, 0.2) is 30.6 Å². The Labute approximate surface area is 95.1 Å². The minimum atomic E-state index is 0.662. The van der Waals surface area contributed by atoms with Crippen molar-refractivity contribution in [3.63, 3.8) is 0 Å². The Morgan fingerprint density at radius 1 is 1.38 bits per heavy atom. The molecule has 0 aliphatic heterocycles. The quantitative estimate of drug-likeness (QED) is 0.784. The van der Waals surface area contributed by atoms with Crippen LogP contribution in [0.2, 0.25) is 0 Å². The molecule has 0 saturated heterocycles. The third-order valence-electron chi connectivity index (χ3n) is 3.03. The summed E-state index contributed by atoms with van der Waals surface area (Å²) in [5, 5.41) is 8.23. The zero-order valence-electron chi connectivity index (χ0n) is 9.43. The van der Waals surface area contributed by atoms with Gasteiger partial charge >= 0.3 is 0 Å². The van der Waals surface area contributed by atoms with E-state index in [0.29, 0.717) is 6.04 Å². The second kappa shape index (κ2) is 3.74. The van der Waals surface area contributed by atoms with Gasteiger partial charge in [0.05, 0.1) is 0 Å². The fourth-order valence-electron chi connectivity index (χ4n) is 2.06. The monoisotopic (exact) mass is 213 g/mol. The van der Waals surface area contributed by atoms with Crippen molar-refractivity contribution in [1.29, 1.82) is 0 Å². The van der Waals surface area contributed by atoms with E-state index in [1.165, 1.54) is 24.0 Å². The van der Waals surface area contributed by atoms with Gasteiger partial charge in [-0.25, -0.2) is 0 Å². The molecule has 0 atom stereocenters. The summed E-state index contributed by atoms with van der Waals surface area (Å²) in [6.07, 6.45) is 5.30. The van der Waals surface area contributed by atoms with E-state index >= 15 is 0 Å². The molecule has 1 aliphatic carbocycles. The number of hydrogen-bond donors (Lipinski definition) is 0. The summed E-state index contributed by atoms with van der Waals surface area (Å²) in [6, 6.07) is 9.25. The number of rotatable bonds is 3. The van der Waals surface area contributed by atoms with E-state index in [1.54, 1.807) is 0 Å². The first-order valence-electron chi connectivity index (χ1n) is 5.77. The lowest BCUT2D eigenvalue weighted by Crippen LogP contribution is -2.01. The maximum absolute atomic E-state index is 4.22. The van der Waals surface area contributed by atoms with Gasteiger partial charge in [0.2, 0.25) is 0 Å². The normalized spacial score (nSPS) is 15.3. The molecule has 2 aromatic rings. The number of nitrogens with zero attached hydrogens (tertiary/aromatic N) is 3. The Kier molecular flexibility index (Phi) is 2.24. The molecule has 82 valence electrons. The van der Waals surface area contributed by atoms with Gasteiger partial charge in [0.25, 0.3) is 0 Å². The van der Waals surface area contributed by atoms with Crippen LogP contribution in [0.3, 0.4) is 0 Å². The third kappa shape index (κ3) is 1.85. The maximum Gasteiger partial charge on any atom is 0.137 e. The molecule has 0 bridgehead atoms. The highest BCUT2D eigenvalue weighted by atomic mass is 15.3. The Morgan fingerprint density at radius 2 is 2.25 bits per heavy atom. The molecule has 1 fully saturated rings. The average molecular weight is 213 g/mol. The van der Waals surface area contributed by atoms with Crippen molar-refractivity contribution < 1.29 is 0 Å². The third-order valence-corrected chi connectivity index (χ3v) is 3.03. The SMILES string of the molecule is Cc1cccc(Cc2nncn2C2CC2)c1. The van der Waals surface area contributed by atoms with Crippen LogP contribution in [0.25, 0.3) is 0 Å². The first kappa shape index (κ1) is 9.58. The molecule has 0 spiro atoms. The van der Waals surface area contributed by atoms with Gasteiger partial charge in [-0.3, -0.25) is 0 Å². The summed E-state index contributed by atoms with van der Waals surface area (Å²) in [5.74, 6) is 1.09. The lowest BCUT2D eigenvalue weighted by atomic mass is 10.1. The Balaban J connectivity index is 1.85. The van der Waals surface area contributed by atoms with Crippen LogP contribution in [0, 0.1) is 6.92 Å². The molecule has 1 heterocycles. The molecule has 0 N–H and O–H groups in total. The molecule has 3 nitrogen and oxygen atoms in total. The fraction of sp³-hybridized carbons (Fsp3) is 0.385. The summed E-state index contributed by atoms with van der Waals surface area (Å²) >= 11 is 0. The largest absolute Gasteiger partial charge is 0.314 e. The second-order valence-electron chi connectivity index (χ2n) is 4.55. The van der Waals surface area contributed by atoms with Crippen LogP contribution in [0.5, 0.6) is 0 Å². The predicted octanol–water partition coefficient (Wildman–Crippen LogP) is 2.51. The number of benzene rings is 1. The standard InChI is InChI=1S/C13H15N3/c1-10-3-2-4-11(7-10)8-13-15-14-9-16(13)12-5-6-12/h2-4,7,9,12H,5-6,8H2,1H3. The molecule has 1 aromatic heterocycles. The zero-order chi connectivity index (χ0) is 11.0. The van der Waals surface area contributed by atoms with E-state index in [-0.39, 0.29) is 0 Å². The van der Waals surface area contributed by atoms with Crippen molar-refractivity contribution >= 4 is 0 Å². The Bertz CT molecular complexity index is 497. The van der Waals surface area contributed by atoms with Crippen LogP contribution in [-0.4, -0.2) is 14.8 Å². The summed E-state index contributed by atoms with van der Waals surface area (Å²) < 4.78 is 2.22. The number of aromatic nitrogens is 3. The van der Waals surface area contributed by atoms with E-state index in [2.05, 4.69) is 46.0 Å². The molecule has 0 radical (unpaired) electrons. The molecule has 1 aliphatic rings. The second-order valence-corrected chi connectivity index (χ2v) is 4.55. The van der Waals surface area contributed by atoms with Crippen LogP contribution in [0.4, 0.5) is 0 Å². The minimum absolute atomic E-state index is 0.662. The molecule has 16 heavy (non-hydrogen) atoms. The highest BCUT2D eigenvalue weighted by molar-refractivity contribution is 5.24. The van der Waals surface area contributed by atoms with Gasteiger partial charge in [0, 0.05) is 12.5 Å². The smallest absolute Gasteiger partial charge is 0.137 e. The molecular formula is C13H15N3. The molecule has 3 heteroatoms. The highest BCUT2D eigenvalue weighted by Gasteiger charge is 2.25. The molecule has 0 amide bonds. The van der Waals surface area contributed by atoms with Crippen molar-refractivity contribution in [3.05, 3.63) is 47.5 Å². The summed E-state index contributed by atoms with van der Waals surface area (Å²) in [6.45, 7) is 2.12. The minimum Gasteiger partial charge on any atom is -0.314 e. The topological polar surface area (TPSA) is 30.7 Å². The van der Waals surface area contributed by atoms with Crippen molar-refractivity contribution in [3.8, 4) is 0 Å². The maximum atomic E-state index is 4.22. The molecular weight excluding hydrogens is 198 g/mol. The Hall–Kier alpha value is -1.64. The lowest BCUT2D eigenvalue weighted by molar-refractivity contribution is 0.694.